The highest BCUT2D eigenvalue weighted by molar-refractivity contribution is 7.12. The molecule has 1 aliphatic rings. The van der Waals surface area contributed by atoms with Crippen molar-refractivity contribution in [2.24, 2.45) is 0 Å². The van der Waals surface area contributed by atoms with Crippen molar-refractivity contribution >= 4 is 36.0 Å². The Morgan fingerprint density at radius 3 is 2.97 bits per heavy atom. The van der Waals surface area contributed by atoms with Crippen LogP contribution in [0.5, 0.6) is 5.75 Å². The average Bonchev–Trinajstić information content (AvgIpc) is 3.39. The van der Waals surface area contributed by atoms with Crippen LogP contribution in [0.2, 0.25) is 0 Å². The van der Waals surface area contributed by atoms with Gasteiger partial charge in [0.15, 0.2) is 5.13 Å². The number of benzene rings is 1. The smallest absolute Gasteiger partial charge is 0.534 e. The predicted octanol–water partition coefficient (Wildman–Crippen LogP) is 0.534. The number of hydrogen-bond acceptors (Lipinski definition) is 8. The number of amides is 1. The molecule has 3 aromatic rings. The topological polar surface area (TPSA) is 150 Å². The molecule has 3 heterocycles. The van der Waals surface area contributed by atoms with Gasteiger partial charge in [-0.2, -0.15) is 0 Å². The Kier molecular flexibility index (Phi) is 4.86. The van der Waals surface area contributed by atoms with Crippen LogP contribution in [0.4, 0.5) is 0 Å². The number of rotatable bonds is 5. The van der Waals surface area contributed by atoms with Crippen molar-refractivity contribution in [2.45, 2.75) is 12.4 Å². The Hall–Kier alpha value is -3.51. The Morgan fingerprint density at radius 1 is 1.41 bits per heavy atom. The van der Waals surface area contributed by atoms with E-state index in [1.54, 1.807) is 40.8 Å². The molecular weight excluding hydrogens is 397 g/mol. The van der Waals surface area contributed by atoms with Crippen LogP contribution in [0, 0.1) is 5.41 Å². The molecule has 12 heteroatoms. The van der Waals surface area contributed by atoms with Gasteiger partial charge in [-0.1, -0.05) is 12.1 Å². The zero-order valence-electron chi connectivity index (χ0n) is 14.8. The largest absolute Gasteiger partial charge is 0.547 e. The van der Waals surface area contributed by atoms with Crippen LogP contribution >= 0.6 is 11.3 Å². The molecule has 146 valence electrons. The minimum atomic E-state index is -1.45. The summed E-state index contributed by atoms with van der Waals surface area (Å²) in [6.07, 6.45) is 5.01. The molecule has 29 heavy (non-hydrogen) atoms. The molecule has 1 aliphatic heterocycles. The van der Waals surface area contributed by atoms with Gasteiger partial charge < -0.3 is 20.1 Å². The molecule has 0 bridgehead atoms. The maximum atomic E-state index is 12.5. The normalized spacial score (nSPS) is 15.3. The Morgan fingerprint density at radius 2 is 2.24 bits per heavy atom. The fourth-order valence-electron chi connectivity index (χ4n) is 2.94. The van der Waals surface area contributed by atoms with Crippen molar-refractivity contribution in [3.8, 4) is 10.9 Å². The number of aromatic nitrogens is 3. The van der Waals surface area contributed by atoms with Crippen molar-refractivity contribution in [1.82, 2.24) is 19.9 Å². The maximum absolute atomic E-state index is 12.5. The molecule has 0 radical (unpaired) electrons. The fourth-order valence-corrected chi connectivity index (χ4v) is 3.71. The highest BCUT2D eigenvalue weighted by Crippen LogP contribution is 2.30. The van der Waals surface area contributed by atoms with E-state index in [0.29, 0.717) is 10.7 Å². The first kappa shape index (κ1) is 18.8. The summed E-state index contributed by atoms with van der Waals surface area (Å²) in [4.78, 5) is 32.0. The number of aromatic carboxylic acids is 1. The van der Waals surface area contributed by atoms with E-state index in [4.69, 9.17) is 10.1 Å². The number of carboxylic acids is 1. The van der Waals surface area contributed by atoms with Crippen molar-refractivity contribution < 1.29 is 24.4 Å². The van der Waals surface area contributed by atoms with Gasteiger partial charge in [-0.3, -0.25) is 14.8 Å². The van der Waals surface area contributed by atoms with Crippen LogP contribution in [0.25, 0.3) is 5.13 Å². The molecule has 0 aliphatic carbocycles. The average molecular weight is 411 g/mol. The summed E-state index contributed by atoms with van der Waals surface area (Å²) in [6, 6.07) is 4.61. The predicted molar refractivity (Wildman–Crippen MR) is 104 cm³/mol. The molecule has 1 aromatic carbocycles. The number of nitrogens with one attached hydrogen (secondary N) is 2. The van der Waals surface area contributed by atoms with Gasteiger partial charge in [0.05, 0.1) is 11.5 Å². The monoisotopic (exact) mass is 411 g/mol. The quantitative estimate of drug-likeness (QED) is 0.353. The summed E-state index contributed by atoms with van der Waals surface area (Å²) in [5.74, 6) is -2.66. The number of hydrogen-bond donors (Lipinski definition) is 4. The molecule has 4 N–H and O–H groups in total. The van der Waals surface area contributed by atoms with Crippen molar-refractivity contribution in [3.05, 3.63) is 59.1 Å². The number of imidazole rings is 1. The third-order valence-corrected chi connectivity index (χ3v) is 5.22. The molecule has 1 atom stereocenters. The standard InChI is InChI=1S/C17H14BN5O5S/c19-13(11-7-29-17(21-11)23-5-4-20-8-23)15(24)22-12-6-9-2-1-3-10(16(25)26)14(9)28-18(12)27/h1-5,7-8,12,19,27H,6H2,(H,22,24)(H,25,26)/t12-/m0/s1. The number of carboxylic acid groups (broad SMARTS) is 1. The SMILES string of the molecule is N=C(C(=O)N[C@H]1Cc2cccc(C(=O)O)c2OB1O)c1csc(-n2ccnc2)n1. The lowest BCUT2D eigenvalue weighted by atomic mass is 9.72. The molecule has 1 amide bonds. The number of fused-ring (bicyclic) bond motifs is 1. The van der Waals surface area contributed by atoms with Gasteiger partial charge in [-0.05, 0) is 18.1 Å². The van der Waals surface area contributed by atoms with Crippen LogP contribution < -0.4 is 9.97 Å². The third kappa shape index (κ3) is 3.62. The van der Waals surface area contributed by atoms with E-state index < -0.39 is 24.9 Å². The van der Waals surface area contributed by atoms with Gasteiger partial charge >= 0.3 is 13.1 Å². The van der Waals surface area contributed by atoms with Crippen LogP contribution in [-0.4, -0.2) is 55.3 Å². The number of thiazole rings is 1. The van der Waals surface area contributed by atoms with Crippen LogP contribution in [-0.2, 0) is 11.2 Å². The summed E-state index contributed by atoms with van der Waals surface area (Å²) in [5, 5.41) is 32.3. The summed E-state index contributed by atoms with van der Waals surface area (Å²) < 4.78 is 7.00. The second kappa shape index (κ2) is 7.49. The maximum Gasteiger partial charge on any atom is 0.547 e. The van der Waals surface area contributed by atoms with Crippen molar-refractivity contribution in [3.63, 3.8) is 0 Å². The number of nitrogens with zero attached hydrogens (tertiary/aromatic N) is 3. The molecule has 0 spiro atoms. The Bertz CT molecular complexity index is 1100. The van der Waals surface area contributed by atoms with Gasteiger partial charge in [-0.15, -0.1) is 11.3 Å². The van der Waals surface area contributed by atoms with E-state index in [-0.39, 0.29) is 29.1 Å². The third-order valence-electron chi connectivity index (χ3n) is 4.37. The van der Waals surface area contributed by atoms with E-state index in [9.17, 15) is 19.7 Å². The lowest BCUT2D eigenvalue weighted by Gasteiger charge is -2.28. The van der Waals surface area contributed by atoms with E-state index in [1.807, 2.05) is 0 Å². The molecule has 4 rings (SSSR count). The summed E-state index contributed by atoms with van der Waals surface area (Å²) >= 11 is 1.26. The molecular formula is C17H14BN5O5S. The van der Waals surface area contributed by atoms with Crippen LogP contribution in [0.3, 0.4) is 0 Å². The molecule has 0 saturated carbocycles. The second-order valence-corrected chi connectivity index (χ2v) is 7.09. The molecule has 10 nitrogen and oxygen atoms in total. The van der Waals surface area contributed by atoms with Gasteiger partial charge in [0.25, 0.3) is 5.91 Å². The minimum Gasteiger partial charge on any atom is -0.534 e. The lowest BCUT2D eigenvalue weighted by molar-refractivity contribution is -0.115. The van der Waals surface area contributed by atoms with Gasteiger partial charge in [0.1, 0.15) is 23.5 Å². The second-order valence-electron chi connectivity index (χ2n) is 6.25. The summed E-state index contributed by atoms with van der Waals surface area (Å²) in [6.45, 7) is 0. The highest BCUT2D eigenvalue weighted by Gasteiger charge is 2.38. The first-order valence-electron chi connectivity index (χ1n) is 8.47. The van der Waals surface area contributed by atoms with E-state index in [1.165, 1.54) is 17.4 Å². The van der Waals surface area contributed by atoms with Crippen molar-refractivity contribution in [2.75, 3.05) is 0 Å². The van der Waals surface area contributed by atoms with Gasteiger partial charge in [0.2, 0.25) is 0 Å². The molecule has 0 fully saturated rings. The van der Waals surface area contributed by atoms with Crippen molar-refractivity contribution in [1.29, 1.82) is 5.41 Å². The van der Waals surface area contributed by atoms with Gasteiger partial charge in [-0.25, -0.2) is 14.8 Å². The molecule has 0 unspecified atom stereocenters. The highest BCUT2D eigenvalue weighted by atomic mass is 32.1. The molecule has 2 aromatic heterocycles. The minimum absolute atomic E-state index is 0.0615. The van der Waals surface area contributed by atoms with E-state index >= 15 is 0 Å². The number of carbonyl (C=O) groups excluding carboxylic acids is 1. The van der Waals surface area contributed by atoms with E-state index in [2.05, 4.69) is 15.3 Å². The lowest BCUT2D eigenvalue weighted by Crippen LogP contribution is -2.54. The van der Waals surface area contributed by atoms with Gasteiger partial charge in [0, 0.05) is 17.8 Å². The molecule has 0 saturated heterocycles. The Balaban J connectivity index is 1.48. The zero-order chi connectivity index (χ0) is 20.5. The first-order valence-corrected chi connectivity index (χ1v) is 9.35. The number of para-hydroxylation sites is 1. The fraction of sp³-hybridized carbons (Fsp3) is 0.118. The van der Waals surface area contributed by atoms with Crippen LogP contribution in [0.1, 0.15) is 21.6 Å². The summed E-state index contributed by atoms with van der Waals surface area (Å²) in [7, 11) is -1.45. The van der Waals surface area contributed by atoms with E-state index in [0.717, 1.165) is 0 Å². The first-order chi connectivity index (χ1) is 13.9. The number of carbonyl (C=O) groups is 2. The van der Waals surface area contributed by atoms with Crippen LogP contribution in [0.15, 0.2) is 42.3 Å². The zero-order valence-corrected chi connectivity index (χ0v) is 15.6. The Labute approximate surface area is 168 Å². The summed E-state index contributed by atoms with van der Waals surface area (Å²) in [5.41, 5.74) is 0.317.